The van der Waals surface area contributed by atoms with Crippen molar-refractivity contribution in [3.63, 3.8) is 0 Å². The lowest BCUT2D eigenvalue weighted by molar-refractivity contribution is -0.128. The van der Waals surface area contributed by atoms with Crippen LogP contribution in [-0.2, 0) is 29.0 Å². The van der Waals surface area contributed by atoms with Crippen LogP contribution in [0.1, 0.15) is 49.9 Å². The van der Waals surface area contributed by atoms with Crippen LogP contribution in [0.3, 0.4) is 0 Å². The minimum atomic E-state index is -1.01. The molecule has 1 N–H and O–H groups in total. The first kappa shape index (κ1) is 27.2. The summed E-state index contributed by atoms with van der Waals surface area (Å²) < 4.78 is 12.6. The lowest BCUT2D eigenvalue weighted by atomic mass is 9.99. The second-order valence-corrected chi connectivity index (χ2v) is 11.1. The van der Waals surface area contributed by atoms with Gasteiger partial charge in [0.1, 0.15) is 29.6 Å². The molecule has 0 aliphatic heterocycles. The zero-order chi connectivity index (χ0) is 28.4. The van der Waals surface area contributed by atoms with Crippen LogP contribution in [0.5, 0.6) is 11.5 Å². The maximum Gasteiger partial charge on any atom is 0.249 e. The first-order chi connectivity index (χ1) is 19.2. The van der Waals surface area contributed by atoms with Gasteiger partial charge in [0.25, 0.3) is 0 Å². The molecule has 1 aromatic heterocycles. The van der Waals surface area contributed by atoms with Gasteiger partial charge in [0.2, 0.25) is 11.8 Å². The third-order valence-corrected chi connectivity index (χ3v) is 7.03. The van der Waals surface area contributed by atoms with Gasteiger partial charge in [0.15, 0.2) is 0 Å². The number of anilines is 1. The topological polar surface area (TPSA) is 98.6 Å². The maximum atomic E-state index is 14.3. The van der Waals surface area contributed by atoms with Crippen molar-refractivity contribution in [1.29, 1.82) is 0 Å². The average molecular weight is 542 g/mol. The Labute approximate surface area is 234 Å². The number of benzene rings is 3. The van der Waals surface area contributed by atoms with E-state index in [4.69, 9.17) is 9.47 Å². The molecule has 0 radical (unpaired) electrons. The van der Waals surface area contributed by atoms with Crippen molar-refractivity contribution in [3.8, 4) is 11.5 Å². The number of rotatable bonds is 8. The molecule has 2 amide bonds. The van der Waals surface area contributed by atoms with Crippen molar-refractivity contribution in [3.05, 3.63) is 77.4 Å². The Balaban J connectivity index is 1.66. The maximum absolute atomic E-state index is 14.3. The summed E-state index contributed by atoms with van der Waals surface area (Å²) in [6, 6.07) is 17.8. The molecular formula is C31H35N5O4. The summed E-state index contributed by atoms with van der Waals surface area (Å²) in [5.74, 6) is 0.419. The number of carbonyl (C=O) groups excluding carboxylic acids is 2. The number of hydrogen-bond acceptors (Lipinski definition) is 6. The molecule has 0 saturated heterocycles. The zero-order valence-corrected chi connectivity index (χ0v) is 23.6. The van der Waals surface area contributed by atoms with E-state index in [1.165, 1.54) is 11.1 Å². The highest BCUT2D eigenvalue weighted by Gasteiger charge is 2.36. The predicted octanol–water partition coefficient (Wildman–Crippen LogP) is 4.63. The number of aryl methyl sites for hydroxylation is 2. The number of fused-ring (bicyclic) bond motifs is 2. The van der Waals surface area contributed by atoms with Crippen molar-refractivity contribution < 1.29 is 19.1 Å². The highest BCUT2D eigenvalue weighted by molar-refractivity contribution is 6.02. The van der Waals surface area contributed by atoms with E-state index in [-0.39, 0.29) is 18.4 Å². The summed E-state index contributed by atoms with van der Waals surface area (Å²) in [7, 11) is 3.12. The van der Waals surface area contributed by atoms with E-state index < -0.39 is 11.6 Å². The van der Waals surface area contributed by atoms with Crippen molar-refractivity contribution in [1.82, 2.24) is 20.3 Å². The second-order valence-electron chi connectivity index (χ2n) is 11.1. The van der Waals surface area contributed by atoms with Gasteiger partial charge in [-0.2, -0.15) is 0 Å². The smallest absolute Gasteiger partial charge is 0.249 e. The molecule has 3 aromatic carbocycles. The fraction of sp³-hybridized carbons (Fsp3) is 0.355. The number of amides is 2. The first-order valence-corrected chi connectivity index (χ1v) is 13.4. The van der Waals surface area contributed by atoms with Crippen molar-refractivity contribution in [2.24, 2.45) is 0 Å². The van der Waals surface area contributed by atoms with Crippen molar-refractivity contribution >= 4 is 28.5 Å². The van der Waals surface area contributed by atoms with Crippen LogP contribution in [0.4, 0.5) is 5.69 Å². The zero-order valence-electron chi connectivity index (χ0n) is 23.6. The molecule has 5 rings (SSSR count). The van der Waals surface area contributed by atoms with Crippen molar-refractivity contribution in [2.75, 3.05) is 19.1 Å². The quantitative estimate of drug-likeness (QED) is 0.349. The molecule has 9 heteroatoms. The Kier molecular flexibility index (Phi) is 7.47. The number of nitrogens with zero attached hydrogens (tertiary/aromatic N) is 4. The van der Waals surface area contributed by atoms with Gasteiger partial charge in [-0.1, -0.05) is 23.4 Å². The number of nitrogens with one attached hydrogen (secondary N) is 1. The fourth-order valence-corrected chi connectivity index (χ4v) is 5.23. The summed E-state index contributed by atoms with van der Waals surface area (Å²) in [6.07, 6.45) is 3.01. The molecule has 0 spiro atoms. The van der Waals surface area contributed by atoms with E-state index in [0.29, 0.717) is 28.3 Å². The van der Waals surface area contributed by atoms with E-state index in [1.54, 1.807) is 42.0 Å². The molecule has 1 aliphatic carbocycles. The van der Waals surface area contributed by atoms with E-state index in [0.717, 1.165) is 24.8 Å². The Morgan fingerprint density at radius 1 is 0.975 bits per heavy atom. The van der Waals surface area contributed by atoms with Gasteiger partial charge in [0.05, 0.1) is 19.7 Å². The van der Waals surface area contributed by atoms with Crippen LogP contribution in [0.2, 0.25) is 0 Å². The number of methoxy groups -OCH3 is 2. The minimum absolute atomic E-state index is 0.0992. The van der Waals surface area contributed by atoms with Crippen LogP contribution in [0, 0.1) is 0 Å². The Hall–Kier alpha value is -4.40. The molecule has 208 valence electrons. The van der Waals surface area contributed by atoms with E-state index in [2.05, 4.69) is 21.7 Å². The van der Waals surface area contributed by atoms with Crippen LogP contribution in [0.15, 0.2) is 60.7 Å². The third-order valence-electron chi connectivity index (χ3n) is 7.03. The minimum Gasteiger partial charge on any atom is -0.497 e. The number of carbonyl (C=O) groups is 2. The Morgan fingerprint density at radius 3 is 2.38 bits per heavy atom. The summed E-state index contributed by atoms with van der Waals surface area (Å²) >= 11 is 0. The number of hydrogen-bond donors (Lipinski definition) is 1. The van der Waals surface area contributed by atoms with Gasteiger partial charge >= 0.3 is 0 Å². The molecule has 0 fully saturated rings. The number of para-hydroxylation sites is 1. The van der Waals surface area contributed by atoms with Crippen molar-refractivity contribution in [2.45, 2.75) is 58.2 Å². The molecule has 1 atom stereocenters. The average Bonchev–Trinajstić information content (AvgIpc) is 3.56. The van der Waals surface area contributed by atoms with E-state index in [1.807, 2.05) is 57.2 Å². The molecule has 40 heavy (non-hydrogen) atoms. The molecule has 0 saturated carbocycles. The largest absolute Gasteiger partial charge is 0.497 e. The standard InChI is InChI=1S/C31H35N5O4/c1-31(2,3)32-30(38)29(22-16-24(39-4)18-25(17-22)40-5)36(23-14-13-20-9-8-10-21(20)15-23)28(37)19-35-27-12-7-6-11-26(27)33-34-35/h6-7,11-18,29H,8-10,19H2,1-5H3,(H,32,38). The SMILES string of the molecule is COc1cc(OC)cc(C(C(=O)NC(C)(C)C)N(C(=O)Cn2nnc3ccccc32)c2ccc3c(c2)CCC3)c1. The summed E-state index contributed by atoms with van der Waals surface area (Å²) in [5, 5.41) is 11.5. The van der Waals surface area contributed by atoms with Crippen LogP contribution >= 0.6 is 0 Å². The number of ether oxygens (including phenoxy) is 2. The third kappa shape index (κ3) is 5.64. The lowest BCUT2D eigenvalue weighted by Crippen LogP contribution is -2.50. The molecular weight excluding hydrogens is 506 g/mol. The molecule has 4 aromatic rings. The molecule has 1 heterocycles. The van der Waals surface area contributed by atoms with Gasteiger partial charge < -0.3 is 14.8 Å². The highest BCUT2D eigenvalue weighted by atomic mass is 16.5. The molecule has 1 unspecified atom stereocenters. The normalized spacial score (nSPS) is 13.5. The van der Waals surface area contributed by atoms with Gasteiger partial charge in [-0.25, -0.2) is 4.68 Å². The Morgan fingerprint density at radius 2 is 1.68 bits per heavy atom. The molecule has 0 bridgehead atoms. The van der Waals surface area contributed by atoms with Gasteiger partial charge in [-0.15, -0.1) is 5.10 Å². The summed E-state index contributed by atoms with van der Waals surface area (Å²) in [6.45, 7) is 5.64. The van der Waals surface area contributed by atoms with Crippen LogP contribution < -0.4 is 19.7 Å². The fourth-order valence-electron chi connectivity index (χ4n) is 5.23. The van der Waals surface area contributed by atoms with Crippen LogP contribution in [0.25, 0.3) is 11.0 Å². The van der Waals surface area contributed by atoms with Gasteiger partial charge in [0, 0.05) is 17.3 Å². The second kappa shape index (κ2) is 11.0. The van der Waals surface area contributed by atoms with Crippen LogP contribution in [-0.4, -0.2) is 46.6 Å². The monoisotopic (exact) mass is 541 g/mol. The predicted molar refractivity (Wildman–Crippen MR) is 154 cm³/mol. The van der Waals surface area contributed by atoms with Gasteiger partial charge in [-0.3, -0.25) is 14.5 Å². The van der Waals surface area contributed by atoms with Gasteiger partial charge in [-0.05, 0) is 93.1 Å². The summed E-state index contributed by atoms with van der Waals surface area (Å²) in [5.41, 5.74) is 4.58. The number of aromatic nitrogens is 3. The Bertz CT molecular complexity index is 1530. The highest BCUT2D eigenvalue weighted by Crippen LogP contribution is 2.36. The molecule has 9 nitrogen and oxygen atoms in total. The lowest BCUT2D eigenvalue weighted by Gasteiger charge is -2.34. The first-order valence-electron chi connectivity index (χ1n) is 13.4. The van der Waals surface area contributed by atoms with E-state index in [9.17, 15) is 9.59 Å². The van der Waals surface area contributed by atoms with E-state index >= 15 is 0 Å². The molecule has 1 aliphatic rings. The summed E-state index contributed by atoms with van der Waals surface area (Å²) in [4.78, 5) is 30.0.